The Balaban J connectivity index is 2.08. The molecule has 1 unspecified atom stereocenters. The van der Waals surface area contributed by atoms with Crippen LogP contribution in [0.3, 0.4) is 0 Å². The van der Waals surface area contributed by atoms with E-state index in [1.807, 2.05) is 6.07 Å². The summed E-state index contributed by atoms with van der Waals surface area (Å²) in [5.74, 6) is -0.0483. The summed E-state index contributed by atoms with van der Waals surface area (Å²) < 4.78 is 10.7. The molecule has 0 radical (unpaired) electrons. The number of ether oxygens (including phenoxy) is 2. The standard InChI is InChI=1S/C12H14Cl2O3/c13-10-2-1-8(5-11(10)14)9(7-15)6-12-16-3-4-17-12/h1-2,5,9,12,15H,3-4,6-7H2. The van der Waals surface area contributed by atoms with Crippen LogP contribution < -0.4 is 0 Å². The van der Waals surface area contributed by atoms with Crippen LogP contribution in [0.25, 0.3) is 0 Å². The molecule has 0 bridgehead atoms. The van der Waals surface area contributed by atoms with Gasteiger partial charge in [0.15, 0.2) is 6.29 Å². The summed E-state index contributed by atoms with van der Waals surface area (Å²) in [6, 6.07) is 5.38. The van der Waals surface area contributed by atoms with E-state index in [1.54, 1.807) is 12.1 Å². The molecule has 1 atom stereocenters. The van der Waals surface area contributed by atoms with Gasteiger partial charge in [0.1, 0.15) is 0 Å². The Kier molecular flexibility index (Phi) is 4.65. The average Bonchev–Trinajstić information content (AvgIpc) is 2.82. The molecule has 1 aromatic rings. The van der Waals surface area contributed by atoms with Crippen LogP contribution in [0.5, 0.6) is 0 Å². The SMILES string of the molecule is OCC(CC1OCCO1)c1ccc(Cl)c(Cl)c1. The lowest BCUT2D eigenvalue weighted by atomic mass is 9.96. The van der Waals surface area contributed by atoms with Crippen molar-refractivity contribution in [3.63, 3.8) is 0 Å². The average molecular weight is 277 g/mol. The van der Waals surface area contributed by atoms with Crippen LogP contribution >= 0.6 is 23.2 Å². The van der Waals surface area contributed by atoms with E-state index < -0.39 is 0 Å². The third kappa shape index (κ3) is 3.33. The van der Waals surface area contributed by atoms with Gasteiger partial charge in [-0.15, -0.1) is 0 Å². The van der Waals surface area contributed by atoms with E-state index in [1.165, 1.54) is 0 Å². The lowest BCUT2D eigenvalue weighted by Gasteiger charge is -2.18. The summed E-state index contributed by atoms with van der Waals surface area (Å²) in [5.41, 5.74) is 0.945. The molecule has 1 aliphatic rings. The van der Waals surface area contributed by atoms with Crippen LogP contribution in [0.1, 0.15) is 17.9 Å². The van der Waals surface area contributed by atoms with Gasteiger partial charge in [-0.1, -0.05) is 29.3 Å². The first-order chi connectivity index (χ1) is 8.20. The zero-order chi connectivity index (χ0) is 12.3. The zero-order valence-electron chi connectivity index (χ0n) is 9.23. The molecule has 0 amide bonds. The summed E-state index contributed by atoms with van der Waals surface area (Å²) in [5, 5.41) is 10.4. The van der Waals surface area contributed by atoms with Crippen LogP contribution in [0.4, 0.5) is 0 Å². The Morgan fingerprint density at radius 2 is 1.94 bits per heavy atom. The number of aliphatic hydroxyl groups excluding tert-OH is 1. The van der Waals surface area contributed by atoms with Crippen molar-refractivity contribution >= 4 is 23.2 Å². The van der Waals surface area contributed by atoms with Crippen LogP contribution in [0.2, 0.25) is 10.0 Å². The predicted molar refractivity (Wildman–Crippen MR) is 66.6 cm³/mol. The molecule has 1 aromatic carbocycles. The van der Waals surface area contributed by atoms with E-state index in [0.717, 1.165) is 5.56 Å². The fourth-order valence-electron chi connectivity index (χ4n) is 1.86. The van der Waals surface area contributed by atoms with Crippen molar-refractivity contribution in [1.29, 1.82) is 0 Å². The van der Waals surface area contributed by atoms with Gasteiger partial charge in [-0.3, -0.25) is 0 Å². The third-order valence-corrected chi connectivity index (χ3v) is 3.54. The van der Waals surface area contributed by atoms with Gasteiger partial charge < -0.3 is 14.6 Å². The summed E-state index contributed by atoms with van der Waals surface area (Å²) in [6.07, 6.45) is 0.385. The topological polar surface area (TPSA) is 38.7 Å². The van der Waals surface area contributed by atoms with Gasteiger partial charge in [0.25, 0.3) is 0 Å². The molecule has 5 heteroatoms. The molecule has 0 aromatic heterocycles. The summed E-state index contributed by atoms with van der Waals surface area (Å²) >= 11 is 11.8. The summed E-state index contributed by atoms with van der Waals surface area (Å²) in [6.45, 7) is 1.26. The van der Waals surface area contributed by atoms with Gasteiger partial charge in [-0.2, -0.15) is 0 Å². The highest BCUT2D eigenvalue weighted by molar-refractivity contribution is 6.42. The minimum absolute atomic E-state index is 0.0289. The Labute approximate surface area is 110 Å². The predicted octanol–water partition coefficient (Wildman–Crippen LogP) is 2.83. The molecular weight excluding hydrogens is 263 g/mol. The van der Waals surface area contributed by atoms with E-state index in [2.05, 4.69) is 0 Å². The first-order valence-electron chi connectivity index (χ1n) is 5.49. The van der Waals surface area contributed by atoms with Gasteiger partial charge in [0, 0.05) is 12.3 Å². The van der Waals surface area contributed by atoms with E-state index in [-0.39, 0.29) is 18.8 Å². The van der Waals surface area contributed by atoms with Crippen LogP contribution in [-0.2, 0) is 9.47 Å². The maximum absolute atomic E-state index is 9.41. The Bertz CT molecular complexity index is 378. The number of halogens is 2. The van der Waals surface area contributed by atoms with Crippen LogP contribution in [0, 0.1) is 0 Å². The van der Waals surface area contributed by atoms with Crippen molar-refractivity contribution < 1.29 is 14.6 Å². The molecule has 2 rings (SSSR count). The van der Waals surface area contributed by atoms with Crippen molar-refractivity contribution in [2.45, 2.75) is 18.6 Å². The zero-order valence-corrected chi connectivity index (χ0v) is 10.7. The minimum atomic E-state index is -0.235. The van der Waals surface area contributed by atoms with E-state index in [9.17, 15) is 5.11 Å². The second-order valence-electron chi connectivity index (χ2n) is 3.96. The van der Waals surface area contributed by atoms with E-state index in [0.29, 0.717) is 29.7 Å². The van der Waals surface area contributed by atoms with Crippen molar-refractivity contribution in [3.8, 4) is 0 Å². The molecule has 1 fully saturated rings. The van der Waals surface area contributed by atoms with Crippen molar-refractivity contribution in [2.75, 3.05) is 19.8 Å². The van der Waals surface area contributed by atoms with E-state index >= 15 is 0 Å². The Hall–Kier alpha value is -0.320. The molecule has 0 aliphatic carbocycles. The quantitative estimate of drug-likeness (QED) is 0.919. The molecule has 0 saturated carbocycles. The van der Waals surface area contributed by atoms with Gasteiger partial charge in [0.2, 0.25) is 0 Å². The lowest BCUT2D eigenvalue weighted by molar-refractivity contribution is -0.0539. The normalized spacial score (nSPS) is 18.5. The Morgan fingerprint density at radius 3 is 2.53 bits per heavy atom. The molecule has 3 nitrogen and oxygen atoms in total. The summed E-state index contributed by atoms with van der Waals surface area (Å²) in [4.78, 5) is 0. The first kappa shape index (κ1) is 13.1. The fourth-order valence-corrected chi connectivity index (χ4v) is 2.16. The summed E-state index contributed by atoms with van der Waals surface area (Å²) in [7, 11) is 0. The fraction of sp³-hybridized carbons (Fsp3) is 0.500. The molecule has 1 saturated heterocycles. The number of rotatable bonds is 4. The molecule has 1 aliphatic heterocycles. The Morgan fingerprint density at radius 1 is 1.24 bits per heavy atom. The maximum Gasteiger partial charge on any atom is 0.158 e. The maximum atomic E-state index is 9.41. The van der Waals surface area contributed by atoms with Crippen molar-refractivity contribution in [1.82, 2.24) is 0 Å². The van der Waals surface area contributed by atoms with Crippen molar-refractivity contribution in [3.05, 3.63) is 33.8 Å². The lowest BCUT2D eigenvalue weighted by Crippen LogP contribution is -2.16. The van der Waals surface area contributed by atoms with Gasteiger partial charge >= 0.3 is 0 Å². The number of benzene rings is 1. The largest absolute Gasteiger partial charge is 0.396 e. The molecule has 0 spiro atoms. The highest BCUT2D eigenvalue weighted by Gasteiger charge is 2.22. The molecule has 1 N–H and O–H groups in total. The molecule has 1 heterocycles. The second-order valence-corrected chi connectivity index (χ2v) is 4.77. The monoisotopic (exact) mass is 276 g/mol. The highest BCUT2D eigenvalue weighted by atomic mass is 35.5. The highest BCUT2D eigenvalue weighted by Crippen LogP contribution is 2.29. The van der Waals surface area contributed by atoms with Crippen molar-refractivity contribution in [2.24, 2.45) is 0 Å². The minimum Gasteiger partial charge on any atom is -0.396 e. The molecular formula is C12H14Cl2O3. The van der Waals surface area contributed by atoms with Crippen LogP contribution in [0.15, 0.2) is 18.2 Å². The molecule has 94 valence electrons. The van der Waals surface area contributed by atoms with E-state index in [4.69, 9.17) is 32.7 Å². The second kappa shape index (κ2) is 6.03. The van der Waals surface area contributed by atoms with Gasteiger partial charge in [-0.25, -0.2) is 0 Å². The van der Waals surface area contributed by atoms with Crippen LogP contribution in [-0.4, -0.2) is 31.2 Å². The smallest absolute Gasteiger partial charge is 0.158 e. The number of hydrogen-bond donors (Lipinski definition) is 1. The molecule has 17 heavy (non-hydrogen) atoms. The number of aliphatic hydroxyl groups is 1. The first-order valence-corrected chi connectivity index (χ1v) is 6.25. The third-order valence-electron chi connectivity index (χ3n) is 2.80. The van der Waals surface area contributed by atoms with Gasteiger partial charge in [-0.05, 0) is 17.7 Å². The van der Waals surface area contributed by atoms with Gasteiger partial charge in [0.05, 0.1) is 29.9 Å². The number of hydrogen-bond acceptors (Lipinski definition) is 3.